The van der Waals surface area contributed by atoms with E-state index >= 15 is 0 Å². The number of aliphatic hydroxyl groups is 1. The molecule has 1 amide bonds. The number of nitrogens with one attached hydrogen (secondary N) is 1. The van der Waals surface area contributed by atoms with Crippen LogP contribution in [-0.2, 0) is 20.9 Å². The summed E-state index contributed by atoms with van der Waals surface area (Å²) < 4.78 is 9.56. The molecular weight excluding hydrogens is 262 g/mol. The molecule has 1 aromatic rings. The molecule has 0 aliphatic carbocycles. The van der Waals surface area contributed by atoms with E-state index in [2.05, 4.69) is 10.1 Å². The summed E-state index contributed by atoms with van der Waals surface area (Å²) in [5, 5.41) is 11.4. The first-order valence-electron chi connectivity index (χ1n) is 6.30. The van der Waals surface area contributed by atoms with E-state index in [1.165, 1.54) is 7.11 Å². The smallest absolute Gasteiger partial charge is 0.407 e. The topological polar surface area (TPSA) is 84.9 Å². The number of amides is 1. The van der Waals surface area contributed by atoms with Gasteiger partial charge in [-0.1, -0.05) is 30.3 Å². The molecule has 1 atom stereocenters. The van der Waals surface area contributed by atoms with E-state index in [1.54, 1.807) is 0 Å². The van der Waals surface area contributed by atoms with Crippen molar-refractivity contribution < 1.29 is 24.2 Å². The normalized spacial score (nSPS) is 11.5. The third kappa shape index (κ3) is 6.19. The van der Waals surface area contributed by atoms with Gasteiger partial charge in [0.1, 0.15) is 6.61 Å². The van der Waals surface area contributed by atoms with Crippen LogP contribution in [0.4, 0.5) is 4.79 Å². The largest absolute Gasteiger partial charge is 0.469 e. The predicted molar refractivity (Wildman–Crippen MR) is 71.9 cm³/mol. The second-order valence-electron chi connectivity index (χ2n) is 4.20. The number of ether oxygens (including phenoxy) is 2. The fourth-order valence-corrected chi connectivity index (χ4v) is 1.60. The summed E-state index contributed by atoms with van der Waals surface area (Å²) in [5.41, 5.74) is 0.870. The number of aliphatic hydroxyl groups excluding tert-OH is 1. The van der Waals surface area contributed by atoms with Gasteiger partial charge in [-0.3, -0.25) is 4.79 Å². The van der Waals surface area contributed by atoms with Crippen molar-refractivity contribution in [2.75, 3.05) is 13.7 Å². The molecule has 110 valence electrons. The number of hydrogen-bond donors (Lipinski definition) is 2. The number of esters is 1. The molecule has 0 bridgehead atoms. The quantitative estimate of drug-likeness (QED) is 0.734. The Hall–Kier alpha value is -2.08. The number of methoxy groups -OCH3 is 1. The minimum absolute atomic E-state index is 0.00248. The molecule has 0 aliphatic rings. The lowest BCUT2D eigenvalue weighted by molar-refractivity contribution is -0.141. The predicted octanol–water partition coefficient (Wildman–Crippen LogP) is 1.23. The molecule has 1 aromatic carbocycles. The van der Waals surface area contributed by atoms with Crippen LogP contribution in [0.2, 0.25) is 0 Å². The van der Waals surface area contributed by atoms with Gasteiger partial charge in [-0.25, -0.2) is 4.79 Å². The minimum atomic E-state index is -0.629. The average molecular weight is 281 g/mol. The zero-order valence-corrected chi connectivity index (χ0v) is 11.4. The van der Waals surface area contributed by atoms with Crippen LogP contribution < -0.4 is 5.32 Å². The molecule has 0 saturated heterocycles. The molecule has 6 nitrogen and oxygen atoms in total. The Morgan fingerprint density at radius 2 is 2.00 bits per heavy atom. The number of carbonyl (C=O) groups excluding carboxylic acids is 2. The molecule has 0 saturated carbocycles. The van der Waals surface area contributed by atoms with Gasteiger partial charge in [-0.05, 0) is 12.0 Å². The van der Waals surface area contributed by atoms with Crippen molar-refractivity contribution in [3.05, 3.63) is 35.9 Å². The maximum atomic E-state index is 11.6. The first-order chi connectivity index (χ1) is 9.65. The molecule has 0 aliphatic heterocycles. The Morgan fingerprint density at radius 3 is 2.60 bits per heavy atom. The highest BCUT2D eigenvalue weighted by Gasteiger charge is 2.17. The average Bonchev–Trinajstić information content (AvgIpc) is 2.46. The number of alkyl carbamates (subject to hydrolysis) is 1. The molecule has 6 heteroatoms. The van der Waals surface area contributed by atoms with Gasteiger partial charge in [0, 0.05) is 12.6 Å². The van der Waals surface area contributed by atoms with Gasteiger partial charge >= 0.3 is 12.1 Å². The highest BCUT2D eigenvalue weighted by atomic mass is 16.5. The zero-order valence-electron chi connectivity index (χ0n) is 11.4. The number of benzene rings is 1. The second-order valence-corrected chi connectivity index (χ2v) is 4.20. The maximum Gasteiger partial charge on any atom is 0.407 e. The molecule has 20 heavy (non-hydrogen) atoms. The highest BCUT2D eigenvalue weighted by Crippen LogP contribution is 2.03. The molecular formula is C14H19NO5. The lowest BCUT2D eigenvalue weighted by atomic mass is 10.1. The Morgan fingerprint density at radius 1 is 1.30 bits per heavy atom. The highest BCUT2D eigenvalue weighted by molar-refractivity contribution is 5.72. The summed E-state index contributed by atoms with van der Waals surface area (Å²) in [4.78, 5) is 22.8. The van der Waals surface area contributed by atoms with Gasteiger partial charge in [-0.2, -0.15) is 0 Å². The second kappa shape index (κ2) is 8.92. The summed E-state index contributed by atoms with van der Waals surface area (Å²) in [6.45, 7) is 0.0113. The van der Waals surface area contributed by atoms with E-state index in [0.717, 1.165) is 5.56 Å². The fraction of sp³-hybridized carbons (Fsp3) is 0.429. The molecule has 0 spiro atoms. The van der Waals surface area contributed by atoms with Gasteiger partial charge in [0.05, 0.1) is 13.5 Å². The number of carbonyl (C=O) groups is 2. The SMILES string of the molecule is COC(=O)C[C@H](CCO)NC(=O)OCc1ccccc1. The van der Waals surface area contributed by atoms with Crippen molar-refractivity contribution in [1.29, 1.82) is 0 Å². The molecule has 0 heterocycles. The number of rotatable bonds is 7. The Balaban J connectivity index is 2.39. The van der Waals surface area contributed by atoms with E-state index in [0.29, 0.717) is 0 Å². The van der Waals surface area contributed by atoms with Crippen LogP contribution in [0.5, 0.6) is 0 Å². The van der Waals surface area contributed by atoms with Crippen LogP contribution in [0.25, 0.3) is 0 Å². The molecule has 0 aromatic heterocycles. The third-order valence-corrected chi connectivity index (χ3v) is 2.65. The first kappa shape index (κ1) is 16.0. The molecule has 0 fully saturated rings. The minimum Gasteiger partial charge on any atom is -0.469 e. The maximum absolute atomic E-state index is 11.6. The van der Waals surface area contributed by atoms with Gasteiger partial charge < -0.3 is 19.9 Å². The summed E-state index contributed by atoms with van der Waals surface area (Å²) in [6, 6.07) is 8.75. The summed E-state index contributed by atoms with van der Waals surface area (Å²) in [6.07, 6.45) is -0.372. The standard InChI is InChI=1S/C14H19NO5/c1-19-13(17)9-12(7-8-16)15-14(18)20-10-11-5-3-2-4-6-11/h2-6,12,16H,7-10H2,1H3,(H,15,18)/t12-/m0/s1. The summed E-state index contributed by atoms with van der Waals surface area (Å²) in [5.74, 6) is -0.452. The van der Waals surface area contributed by atoms with Crippen LogP contribution in [0.15, 0.2) is 30.3 Å². The van der Waals surface area contributed by atoms with E-state index in [1.807, 2.05) is 30.3 Å². The molecule has 0 unspecified atom stereocenters. The van der Waals surface area contributed by atoms with Crippen LogP contribution in [0, 0.1) is 0 Å². The third-order valence-electron chi connectivity index (χ3n) is 2.65. The van der Waals surface area contributed by atoms with E-state index in [4.69, 9.17) is 9.84 Å². The van der Waals surface area contributed by atoms with Crippen LogP contribution >= 0.6 is 0 Å². The van der Waals surface area contributed by atoms with Crippen LogP contribution in [0.3, 0.4) is 0 Å². The molecule has 2 N–H and O–H groups in total. The van der Waals surface area contributed by atoms with Crippen molar-refractivity contribution in [3.63, 3.8) is 0 Å². The van der Waals surface area contributed by atoms with Gasteiger partial charge in [0.25, 0.3) is 0 Å². The zero-order chi connectivity index (χ0) is 14.8. The molecule has 1 rings (SSSR count). The van der Waals surface area contributed by atoms with Gasteiger partial charge in [0.2, 0.25) is 0 Å². The Labute approximate surface area is 117 Å². The molecule has 0 radical (unpaired) electrons. The lowest BCUT2D eigenvalue weighted by Crippen LogP contribution is -2.37. The van der Waals surface area contributed by atoms with Gasteiger partial charge in [0.15, 0.2) is 0 Å². The fourth-order valence-electron chi connectivity index (χ4n) is 1.60. The van der Waals surface area contributed by atoms with Crippen LogP contribution in [0.1, 0.15) is 18.4 Å². The van der Waals surface area contributed by atoms with E-state index < -0.39 is 18.1 Å². The Kier molecular flexibility index (Phi) is 7.13. The lowest BCUT2D eigenvalue weighted by Gasteiger charge is -2.16. The van der Waals surface area contributed by atoms with E-state index in [9.17, 15) is 9.59 Å². The van der Waals surface area contributed by atoms with Crippen molar-refractivity contribution in [2.24, 2.45) is 0 Å². The van der Waals surface area contributed by atoms with Crippen molar-refractivity contribution in [2.45, 2.75) is 25.5 Å². The van der Waals surface area contributed by atoms with Gasteiger partial charge in [-0.15, -0.1) is 0 Å². The number of hydrogen-bond acceptors (Lipinski definition) is 5. The first-order valence-corrected chi connectivity index (χ1v) is 6.30. The van der Waals surface area contributed by atoms with Crippen molar-refractivity contribution >= 4 is 12.1 Å². The monoisotopic (exact) mass is 281 g/mol. The Bertz CT molecular complexity index is 421. The van der Waals surface area contributed by atoms with Crippen LogP contribution in [-0.4, -0.2) is 36.9 Å². The summed E-state index contributed by atoms with van der Waals surface area (Å²) in [7, 11) is 1.27. The van der Waals surface area contributed by atoms with E-state index in [-0.39, 0.29) is 26.1 Å². The summed E-state index contributed by atoms with van der Waals surface area (Å²) >= 11 is 0. The van der Waals surface area contributed by atoms with Crippen molar-refractivity contribution in [3.8, 4) is 0 Å². The van der Waals surface area contributed by atoms with Crippen molar-refractivity contribution in [1.82, 2.24) is 5.32 Å².